The molecule has 0 aliphatic heterocycles. The van der Waals surface area contributed by atoms with Gasteiger partial charge in [0, 0.05) is 48.8 Å². The molecule has 0 fully saturated rings. The number of aryl methyl sites for hydroxylation is 1. The molecule has 1 aromatic carbocycles. The van der Waals surface area contributed by atoms with Crippen molar-refractivity contribution in [2.75, 3.05) is 13.1 Å². The molecule has 7 heteroatoms. The Morgan fingerprint density at radius 3 is 2.80 bits per heavy atom. The van der Waals surface area contributed by atoms with Crippen molar-refractivity contribution in [1.82, 2.24) is 30.2 Å². The number of hydrogen-bond acceptors (Lipinski definition) is 3. The van der Waals surface area contributed by atoms with E-state index in [2.05, 4.69) is 69.0 Å². The average molecular weight is 402 g/mol. The lowest BCUT2D eigenvalue weighted by Gasteiger charge is -2.11. The number of guanidine groups is 1. The van der Waals surface area contributed by atoms with Crippen molar-refractivity contribution < 1.29 is 0 Å². The fourth-order valence-corrected chi connectivity index (χ4v) is 3.44. The van der Waals surface area contributed by atoms with E-state index in [-0.39, 0.29) is 0 Å². The van der Waals surface area contributed by atoms with Crippen LogP contribution in [0.2, 0.25) is 0 Å². The van der Waals surface area contributed by atoms with Gasteiger partial charge in [-0.15, -0.1) is 0 Å². The topological polar surface area (TPSA) is 82.9 Å². The maximum Gasteiger partial charge on any atom is 0.191 e. The Balaban J connectivity index is 1.36. The van der Waals surface area contributed by atoms with Gasteiger partial charge in [-0.25, -0.2) is 15.0 Å². The summed E-state index contributed by atoms with van der Waals surface area (Å²) in [5, 5.41) is 8.02. The highest BCUT2D eigenvalue weighted by Crippen LogP contribution is 2.17. The van der Waals surface area contributed by atoms with Gasteiger partial charge in [-0.1, -0.05) is 24.3 Å². The molecule has 0 radical (unpaired) electrons. The van der Waals surface area contributed by atoms with E-state index in [0.717, 1.165) is 42.7 Å². The van der Waals surface area contributed by atoms with E-state index in [4.69, 9.17) is 4.99 Å². The fraction of sp³-hybridized carbons (Fsp3) is 0.261. The third-order valence-corrected chi connectivity index (χ3v) is 5.01. The molecule has 0 saturated heterocycles. The minimum atomic E-state index is 0.568. The van der Waals surface area contributed by atoms with Gasteiger partial charge in [0.1, 0.15) is 11.6 Å². The van der Waals surface area contributed by atoms with Crippen LogP contribution in [0.5, 0.6) is 0 Å². The zero-order valence-corrected chi connectivity index (χ0v) is 17.4. The molecule has 4 aromatic rings. The van der Waals surface area contributed by atoms with Gasteiger partial charge < -0.3 is 15.6 Å². The van der Waals surface area contributed by atoms with E-state index in [9.17, 15) is 0 Å². The maximum absolute atomic E-state index is 4.70. The molecule has 0 amide bonds. The lowest BCUT2D eigenvalue weighted by Crippen LogP contribution is -2.38. The number of aromatic nitrogens is 4. The lowest BCUT2D eigenvalue weighted by molar-refractivity contribution is 0.801. The molecule has 4 rings (SSSR count). The first-order chi connectivity index (χ1) is 14.7. The van der Waals surface area contributed by atoms with Crippen LogP contribution in [-0.2, 0) is 13.0 Å². The quantitative estimate of drug-likeness (QED) is 0.328. The molecule has 0 spiro atoms. The number of nitrogens with one attached hydrogen (secondary N) is 3. The largest absolute Gasteiger partial charge is 0.361 e. The van der Waals surface area contributed by atoms with Crippen molar-refractivity contribution in [3.05, 3.63) is 78.1 Å². The number of pyridine rings is 1. The van der Waals surface area contributed by atoms with Crippen LogP contribution in [0.3, 0.4) is 0 Å². The van der Waals surface area contributed by atoms with Crippen molar-refractivity contribution >= 4 is 16.9 Å². The van der Waals surface area contributed by atoms with Gasteiger partial charge in [-0.3, -0.25) is 4.57 Å². The number of hydrogen-bond donors (Lipinski definition) is 3. The summed E-state index contributed by atoms with van der Waals surface area (Å²) in [4.78, 5) is 16.8. The number of aliphatic imine (C=N–C) groups is 1. The summed E-state index contributed by atoms with van der Waals surface area (Å²) in [6, 6.07) is 12.4. The minimum Gasteiger partial charge on any atom is -0.361 e. The Labute approximate surface area is 176 Å². The summed E-state index contributed by atoms with van der Waals surface area (Å²) in [7, 11) is 0. The molecule has 0 saturated carbocycles. The Hall–Kier alpha value is -3.61. The van der Waals surface area contributed by atoms with Gasteiger partial charge in [0.15, 0.2) is 5.96 Å². The third-order valence-electron chi connectivity index (χ3n) is 5.01. The highest BCUT2D eigenvalue weighted by atomic mass is 15.2. The predicted molar refractivity (Wildman–Crippen MR) is 121 cm³/mol. The summed E-state index contributed by atoms with van der Waals surface area (Å²) in [6.45, 7) is 6.23. The van der Waals surface area contributed by atoms with Gasteiger partial charge in [0.25, 0.3) is 0 Å². The zero-order chi connectivity index (χ0) is 20.8. The number of H-pyrrole nitrogens is 1. The van der Waals surface area contributed by atoms with Crippen LogP contribution in [0.4, 0.5) is 0 Å². The summed E-state index contributed by atoms with van der Waals surface area (Å²) in [5.74, 6) is 2.59. The monoisotopic (exact) mass is 401 g/mol. The van der Waals surface area contributed by atoms with Crippen molar-refractivity contribution in [2.45, 2.75) is 26.8 Å². The van der Waals surface area contributed by atoms with Crippen LogP contribution in [0.15, 0.2) is 66.2 Å². The summed E-state index contributed by atoms with van der Waals surface area (Å²) < 4.78 is 1.96. The molecule has 0 atom stereocenters. The first-order valence-electron chi connectivity index (χ1n) is 10.3. The minimum absolute atomic E-state index is 0.568. The van der Waals surface area contributed by atoms with Crippen LogP contribution in [0.1, 0.15) is 23.9 Å². The lowest BCUT2D eigenvalue weighted by atomic mass is 10.1. The van der Waals surface area contributed by atoms with Crippen LogP contribution in [0, 0.1) is 6.92 Å². The molecule has 30 heavy (non-hydrogen) atoms. The van der Waals surface area contributed by atoms with Crippen LogP contribution in [0.25, 0.3) is 16.7 Å². The second-order valence-electron chi connectivity index (χ2n) is 7.10. The van der Waals surface area contributed by atoms with E-state index in [1.165, 1.54) is 16.5 Å². The van der Waals surface area contributed by atoms with Crippen molar-refractivity contribution in [2.24, 2.45) is 4.99 Å². The Morgan fingerprint density at radius 1 is 1.13 bits per heavy atom. The van der Waals surface area contributed by atoms with E-state index >= 15 is 0 Å². The van der Waals surface area contributed by atoms with Crippen molar-refractivity contribution in [1.29, 1.82) is 0 Å². The SMILES string of the molecule is CCNC(=NCc1ccc(-n2ccnc2C)nc1)NCCc1c[nH]c2ccccc12. The Kier molecular flexibility index (Phi) is 6.08. The summed E-state index contributed by atoms with van der Waals surface area (Å²) in [6.07, 6.45) is 8.57. The van der Waals surface area contributed by atoms with E-state index in [1.54, 1.807) is 6.20 Å². The molecule has 154 valence electrons. The van der Waals surface area contributed by atoms with Crippen LogP contribution in [-0.4, -0.2) is 38.6 Å². The predicted octanol–water partition coefficient (Wildman–Crippen LogP) is 3.35. The normalized spacial score (nSPS) is 11.7. The molecule has 3 aromatic heterocycles. The number of imidazole rings is 1. The fourth-order valence-electron chi connectivity index (χ4n) is 3.44. The second-order valence-corrected chi connectivity index (χ2v) is 7.10. The first kappa shape index (κ1) is 19.7. The molecule has 0 unspecified atom stereocenters. The van der Waals surface area contributed by atoms with Gasteiger partial charge in [0.2, 0.25) is 0 Å². The Bertz CT molecular complexity index is 1120. The van der Waals surface area contributed by atoms with E-state index in [1.807, 2.05) is 30.0 Å². The average Bonchev–Trinajstić information content (AvgIpc) is 3.39. The van der Waals surface area contributed by atoms with Crippen molar-refractivity contribution in [3.8, 4) is 5.82 Å². The molecule has 3 N–H and O–H groups in total. The molecular weight excluding hydrogens is 374 g/mol. The molecule has 0 aliphatic carbocycles. The summed E-state index contributed by atoms with van der Waals surface area (Å²) >= 11 is 0. The Morgan fingerprint density at radius 2 is 2.03 bits per heavy atom. The molecule has 3 heterocycles. The number of rotatable bonds is 7. The molecule has 0 bridgehead atoms. The molecule has 7 nitrogen and oxygen atoms in total. The number of para-hydroxylation sites is 1. The first-order valence-corrected chi connectivity index (χ1v) is 10.3. The van der Waals surface area contributed by atoms with Crippen molar-refractivity contribution in [3.63, 3.8) is 0 Å². The number of benzene rings is 1. The highest BCUT2D eigenvalue weighted by molar-refractivity contribution is 5.83. The summed E-state index contributed by atoms with van der Waals surface area (Å²) in [5.41, 5.74) is 3.55. The van der Waals surface area contributed by atoms with Gasteiger partial charge in [-0.2, -0.15) is 0 Å². The third kappa shape index (κ3) is 4.51. The van der Waals surface area contributed by atoms with Crippen LogP contribution < -0.4 is 10.6 Å². The number of nitrogens with zero attached hydrogens (tertiary/aromatic N) is 4. The van der Waals surface area contributed by atoms with Gasteiger partial charge in [-0.05, 0) is 43.5 Å². The standard InChI is InChI=1S/C23H27N7/c1-3-24-23(26-11-10-19-16-27-21-7-5-4-6-20(19)21)29-15-18-8-9-22(28-14-18)30-13-12-25-17(30)2/h4-9,12-14,16,27H,3,10-11,15H2,1-2H3,(H2,24,26,29). The van der Waals surface area contributed by atoms with Crippen LogP contribution >= 0.6 is 0 Å². The second kappa shape index (κ2) is 9.26. The smallest absolute Gasteiger partial charge is 0.191 e. The van der Waals surface area contributed by atoms with E-state index < -0.39 is 0 Å². The molecular formula is C23H27N7. The number of aromatic amines is 1. The maximum atomic E-state index is 4.70. The highest BCUT2D eigenvalue weighted by Gasteiger charge is 2.05. The van der Waals surface area contributed by atoms with Gasteiger partial charge in [0.05, 0.1) is 6.54 Å². The van der Waals surface area contributed by atoms with Gasteiger partial charge >= 0.3 is 0 Å². The zero-order valence-electron chi connectivity index (χ0n) is 17.4. The van der Waals surface area contributed by atoms with E-state index in [0.29, 0.717) is 6.54 Å². The molecule has 0 aliphatic rings. The number of fused-ring (bicyclic) bond motifs is 1.